The summed E-state index contributed by atoms with van der Waals surface area (Å²) in [6, 6.07) is 18.7. The fourth-order valence-corrected chi connectivity index (χ4v) is 4.08. The standard InChI is InChI=1S/C26H27N3O3/c1-16-9-10-20(13-17(16)2)18(3)27-23(30)15-29-24(31)26(4,28-25(29)32)22-12-11-19-7-5-6-8-21(19)14-22/h5-14,18H,15H2,1-4H3,(H,27,30)(H,28,32)/t18-,26+/m0/s1. The van der Waals surface area contributed by atoms with Crippen molar-refractivity contribution in [3.8, 4) is 0 Å². The SMILES string of the molecule is Cc1ccc([C@H](C)NC(=O)CN2C(=O)N[C@](C)(c3ccc4ccccc4c3)C2=O)cc1C. The highest BCUT2D eigenvalue weighted by Gasteiger charge is 2.49. The largest absolute Gasteiger partial charge is 0.348 e. The third-order valence-electron chi connectivity index (χ3n) is 6.31. The second-order valence-electron chi connectivity index (χ2n) is 8.64. The Labute approximate surface area is 187 Å². The zero-order chi connectivity index (χ0) is 23.0. The van der Waals surface area contributed by atoms with Crippen molar-refractivity contribution in [2.24, 2.45) is 0 Å². The van der Waals surface area contributed by atoms with Crippen LogP contribution in [0, 0.1) is 13.8 Å². The maximum Gasteiger partial charge on any atom is 0.325 e. The summed E-state index contributed by atoms with van der Waals surface area (Å²) in [4.78, 5) is 39.5. The van der Waals surface area contributed by atoms with Gasteiger partial charge in [0, 0.05) is 0 Å². The number of carbonyl (C=O) groups is 3. The van der Waals surface area contributed by atoms with Crippen LogP contribution in [-0.4, -0.2) is 29.3 Å². The maximum atomic E-state index is 13.2. The minimum atomic E-state index is -1.22. The molecule has 2 N–H and O–H groups in total. The van der Waals surface area contributed by atoms with Gasteiger partial charge in [-0.3, -0.25) is 14.5 Å². The van der Waals surface area contributed by atoms with Crippen molar-refractivity contribution in [3.63, 3.8) is 0 Å². The van der Waals surface area contributed by atoms with Crippen molar-refractivity contribution in [2.75, 3.05) is 6.54 Å². The molecule has 2 atom stereocenters. The monoisotopic (exact) mass is 429 g/mol. The Balaban J connectivity index is 1.49. The average Bonchev–Trinajstić information content (AvgIpc) is 2.99. The van der Waals surface area contributed by atoms with Crippen LogP contribution in [0.2, 0.25) is 0 Å². The number of nitrogens with one attached hydrogen (secondary N) is 2. The summed E-state index contributed by atoms with van der Waals surface area (Å²) in [5.74, 6) is -0.825. The van der Waals surface area contributed by atoms with E-state index in [4.69, 9.17) is 0 Å². The van der Waals surface area contributed by atoms with E-state index in [1.807, 2.05) is 81.4 Å². The summed E-state index contributed by atoms with van der Waals surface area (Å²) in [6.07, 6.45) is 0. The van der Waals surface area contributed by atoms with E-state index in [9.17, 15) is 14.4 Å². The molecule has 0 unspecified atom stereocenters. The molecule has 3 aromatic rings. The third kappa shape index (κ3) is 3.84. The van der Waals surface area contributed by atoms with Crippen LogP contribution in [0.3, 0.4) is 0 Å². The molecular weight excluding hydrogens is 402 g/mol. The second-order valence-corrected chi connectivity index (χ2v) is 8.64. The lowest BCUT2D eigenvalue weighted by Gasteiger charge is -2.23. The number of urea groups is 1. The van der Waals surface area contributed by atoms with E-state index in [-0.39, 0.29) is 18.5 Å². The quantitative estimate of drug-likeness (QED) is 0.600. The topological polar surface area (TPSA) is 78.5 Å². The normalized spacial score (nSPS) is 19.2. The average molecular weight is 430 g/mol. The van der Waals surface area contributed by atoms with Crippen molar-refractivity contribution >= 4 is 28.6 Å². The molecule has 3 aromatic carbocycles. The highest BCUT2D eigenvalue weighted by atomic mass is 16.2. The van der Waals surface area contributed by atoms with Gasteiger partial charge < -0.3 is 10.6 Å². The van der Waals surface area contributed by atoms with Crippen LogP contribution in [0.1, 0.15) is 42.1 Å². The van der Waals surface area contributed by atoms with Gasteiger partial charge in [0.1, 0.15) is 12.1 Å². The minimum Gasteiger partial charge on any atom is -0.348 e. The van der Waals surface area contributed by atoms with Gasteiger partial charge in [0.25, 0.3) is 5.91 Å². The van der Waals surface area contributed by atoms with Crippen molar-refractivity contribution in [2.45, 2.75) is 39.3 Å². The molecule has 164 valence electrons. The van der Waals surface area contributed by atoms with Crippen LogP contribution >= 0.6 is 0 Å². The number of amides is 4. The molecule has 0 aliphatic carbocycles. The molecule has 32 heavy (non-hydrogen) atoms. The molecule has 0 bridgehead atoms. The van der Waals surface area contributed by atoms with Gasteiger partial charge in [0.15, 0.2) is 0 Å². The van der Waals surface area contributed by atoms with Gasteiger partial charge in [-0.2, -0.15) is 0 Å². The predicted molar refractivity (Wildman–Crippen MR) is 124 cm³/mol. The van der Waals surface area contributed by atoms with E-state index in [1.165, 1.54) is 5.56 Å². The van der Waals surface area contributed by atoms with Gasteiger partial charge in [0.2, 0.25) is 5.91 Å². The molecule has 0 spiro atoms. The molecule has 4 amide bonds. The number of hydrogen-bond donors (Lipinski definition) is 2. The molecule has 4 rings (SSSR count). The number of nitrogens with zero attached hydrogens (tertiary/aromatic N) is 1. The van der Waals surface area contributed by atoms with E-state index >= 15 is 0 Å². The van der Waals surface area contributed by atoms with Gasteiger partial charge >= 0.3 is 6.03 Å². The number of imide groups is 1. The van der Waals surface area contributed by atoms with Crippen LogP contribution in [-0.2, 0) is 15.1 Å². The van der Waals surface area contributed by atoms with Crippen molar-refractivity contribution in [1.82, 2.24) is 15.5 Å². The molecule has 0 aromatic heterocycles. The van der Waals surface area contributed by atoms with Gasteiger partial charge in [-0.1, -0.05) is 54.6 Å². The number of aryl methyl sites for hydroxylation is 2. The lowest BCUT2D eigenvalue weighted by Crippen LogP contribution is -2.43. The molecule has 1 aliphatic rings. The van der Waals surface area contributed by atoms with Crippen LogP contribution in [0.4, 0.5) is 4.79 Å². The highest BCUT2D eigenvalue weighted by Crippen LogP contribution is 2.31. The Kier molecular flexibility index (Phi) is 5.46. The Morgan fingerprint density at radius 2 is 1.72 bits per heavy atom. The van der Waals surface area contributed by atoms with E-state index in [0.29, 0.717) is 5.56 Å². The van der Waals surface area contributed by atoms with E-state index in [1.54, 1.807) is 6.92 Å². The summed E-state index contributed by atoms with van der Waals surface area (Å²) in [5, 5.41) is 7.69. The molecule has 1 heterocycles. The van der Waals surface area contributed by atoms with Crippen molar-refractivity contribution in [3.05, 3.63) is 82.9 Å². The molecular formula is C26H27N3O3. The molecule has 0 saturated carbocycles. The van der Waals surface area contributed by atoms with Crippen LogP contribution in [0.25, 0.3) is 10.8 Å². The Morgan fingerprint density at radius 3 is 2.44 bits per heavy atom. The number of hydrogen-bond acceptors (Lipinski definition) is 3. The van der Waals surface area contributed by atoms with Gasteiger partial charge in [-0.05, 0) is 66.8 Å². The fourth-order valence-electron chi connectivity index (χ4n) is 4.08. The maximum absolute atomic E-state index is 13.2. The fraction of sp³-hybridized carbons (Fsp3) is 0.269. The summed E-state index contributed by atoms with van der Waals surface area (Å²) < 4.78 is 0. The van der Waals surface area contributed by atoms with Crippen LogP contribution in [0.15, 0.2) is 60.7 Å². The third-order valence-corrected chi connectivity index (χ3v) is 6.31. The molecule has 1 fully saturated rings. The number of fused-ring (bicyclic) bond motifs is 1. The molecule has 6 nitrogen and oxygen atoms in total. The summed E-state index contributed by atoms with van der Waals surface area (Å²) in [6.45, 7) is 7.28. The van der Waals surface area contributed by atoms with Crippen molar-refractivity contribution < 1.29 is 14.4 Å². The first kappa shape index (κ1) is 21.6. The number of rotatable bonds is 5. The summed E-state index contributed by atoms with van der Waals surface area (Å²) in [5.41, 5.74) is 2.75. The lowest BCUT2D eigenvalue weighted by atomic mass is 9.90. The Bertz CT molecular complexity index is 1240. The number of carbonyl (C=O) groups excluding carboxylic acids is 3. The lowest BCUT2D eigenvalue weighted by molar-refractivity contribution is -0.135. The molecule has 1 saturated heterocycles. The predicted octanol–water partition coefficient (Wildman–Crippen LogP) is 4.10. The smallest absolute Gasteiger partial charge is 0.325 e. The first-order chi connectivity index (χ1) is 15.2. The Morgan fingerprint density at radius 1 is 1.00 bits per heavy atom. The van der Waals surface area contributed by atoms with E-state index < -0.39 is 17.5 Å². The van der Waals surface area contributed by atoms with Crippen molar-refractivity contribution in [1.29, 1.82) is 0 Å². The van der Waals surface area contributed by atoms with Crippen LogP contribution < -0.4 is 10.6 Å². The zero-order valence-corrected chi connectivity index (χ0v) is 18.7. The first-order valence-corrected chi connectivity index (χ1v) is 10.7. The first-order valence-electron chi connectivity index (χ1n) is 10.7. The molecule has 6 heteroatoms. The van der Waals surface area contributed by atoms with Gasteiger partial charge in [0.05, 0.1) is 6.04 Å². The van der Waals surface area contributed by atoms with Gasteiger partial charge in [-0.25, -0.2) is 4.79 Å². The van der Waals surface area contributed by atoms with E-state index in [0.717, 1.165) is 26.8 Å². The summed E-state index contributed by atoms with van der Waals surface area (Å²) >= 11 is 0. The zero-order valence-electron chi connectivity index (χ0n) is 18.7. The second kappa shape index (κ2) is 8.11. The summed E-state index contributed by atoms with van der Waals surface area (Å²) in [7, 11) is 0. The molecule has 0 radical (unpaired) electrons. The van der Waals surface area contributed by atoms with Crippen LogP contribution in [0.5, 0.6) is 0 Å². The van der Waals surface area contributed by atoms with Gasteiger partial charge in [-0.15, -0.1) is 0 Å². The highest BCUT2D eigenvalue weighted by molar-refractivity contribution is 6.09. The minimum absolute atomic E-state index is 0.241. The molecule has 1 aliphatic heterocycles. The Hall–Kier alpha value is -3.67. The van der Waals surface area contributed by atoms with E-state index in [2.05, 4.69) is 10.6 Å². The number of benzene rings is 3.